The van der Waals surface area contributed by atoms with Gasteiger partial charge in [0.05, 0.1) is 33.9 Å². The first-order valence-electron chi connectivity index (χ1n) is 9.38. The second-order valence-corrected chi connectivity index (χ2v) is 11.9. The van der Waals surface area contributed by atoms with Gasteiger partial charge in [0, 0.05) is 13.1 Å². The first kappa shape index (κ1) is 23.4. The van der Waals surface area contributed by atoms with Crippen LogP contribution in [0, 0.1) is 13.8 Å². The van der Waals surface area contributed by atoms with E-state index in [1.54, 1.807) is 36.4 Å². The van der Waals surface area contributed by atoms with Crippen molar-refractivity contribution in [3.63, 3.8) is 0 Å². The van der Waals surface area contributed by atoms with E-state index >= 15 is 0 Å². The summed E-state index contributed by atoms with van der Waals surface area (Å²) in [6, 6.07) is 13.1. The van der Waals surface area contributed by atoms with Crippen molar-refractivity contribution in [3.05, 3.63) is 59.7 Å². The third-order valence-electron chi connectivity index (χ3n) is 4.79. The van der Waals surface area contributed by atoms with Crippen molar-refractivity contribution < 1.29 is 25.8 Å². The molecule has 0 aromatic heterocycles. The summed E-state index contributed by atoms with van der Waals surface area (Å²) in [6.45, 7) is 4.07. The standard InChI is InChI=1S/C20H24BrNO6S2/c1-15-3-7-17(8-4-15)29(23,24)22-13-19(21)20(14-22)27-11-12-28-30(25,26)18-9-5-16(2)6-10-18/h3-10,19-20H,11-14H2,1-2H3/t19-,20-/m0/s1. The minimum absolute atomic E-state index is 0.0241. The van der Waals surface area contributed by atoms with E-state index in [1.165, 1.54) is 16.4 Å². The SMILES string of the molecule is Cc1ccc(S(=O)(=O)OCCO[C@H]2CN(S(=O)(=O)c3ccc(C)cc3)C[C@@H]2Br)cc1. The zero-order valence-corrected chi connectivity index (χ0v) is 19.9. The van der Waals surface area contributed by atoms with E-state index in [0.29, 0.717) is 0 Å². The van der Waals surface area contributed by atoms with Crippen molar-refractivity contribution in [1.29, 1.82) is 0 Å². The van der Waals surface area contributed by atoms with Crippen LogP contribution in [-0.4, -0.2) is 58.4 Å². The number of aryl methyl sites for hydroxylation is 2. The molecule has 10 heteroatoms. The monoisotopic (exact) mass is 517 g/mol. The molecule has 164 valence electrons. The predicted molar refractivity (Wildman–Crippen MR) is 117 cm³/mol. The summed E-state index contributed by atoms with van der Waals surface area (Å²) >= 11 is 3.47. The van der Waals surface area contributed by atoms with E-state index in [1.807, 2.05) is 13.8 Å². The number of alkyl halides is 1. The summed E-state index contributed by atoms with van der Waals surface area (Å²) < 4.78 is 62.1. The van der Waals surface area contributed by atoms with Gasteiger partial charge in [-0.2, -0.15) is 12.7 Å². The molecule has 0 amide bonds. The summed E-state index contributed by atoms with van der Waals surface area (Å²) in [5, 5.41) is 0. The maximum atomic E-state index is 12.8. The van der Waals surface area contributed by atoms with Gasteiger partial charge in [0.15, 0.2) is 0 Å². The molecule has 0 radical (unpaired) electrons. The molecule has 7 nitrogen and oxygen atoms in total. The van der Waals surface area contributed by atoms with Crippen LogP contribution in [0.25, 0.3) is 0 Å². The lowest BCUT2D eigenvalue weighted by atomic mass is 10.2. The quantitative estimate of drug-likeness (QED) is 0.303. The lowest BCUT2D eigenvalue weighted by Gasteiger charge is -2.17. The Bertz CT molecular complexity index is 1070. The number of hydrogen-bond donors (Lipinski definition) is 0. The summed E-state index contributed by atoms with van der Waals surface area (Å²) in [7, 11) is -7.48. The highest BCUT2D eigenvalue weighted by Gasteiger charge is 2.38. The minimum Gasteiger partial charge on any atom is -0.373 e. The highest BCUT2D eigenvalue weighted by Crippen LogP contribution is 2.27. The number of rotatable bonds is 8. The number of ether oxygens (including phenoxy) is 1. The molecule has 0 aliphatic carbocycles. The molecule has 1 fully saturated rings. The molecule has 2 aromatic rings. The number of nitrogens with zero attached hydrogens (tertiary/aromatic N) is 1. The van der Waals surface area contributed by atoms with E-state index in [9.17, 15) is 16.8 Å². The fourth-order valence-electron chi connectivity index (χ4n) is 3.03. The topological polar surface area (TPSA) is 90.0 Å². The van der Waals surface area contributed by atoms with E-state index in [4.69, 9.17) is 8.92 Å². The molecule has 0 spiro atoms. The highest BCUT2D eigenvalue weighted by molar-refractivity contribution is 9.09. The molecule has 0 saturated carbocycles. The van der Waals surface area contributed by atoms with Crippen LogP contribution >= 0.6 is 15.9 Å². The second-order valence-electron chi connectivity index (χ2n) is 7.15. The fourth-order valence-corrected chi connectivity index (χ4v) is 6.26. The van der Waals surface area contributed by atoms with E-state index < -0.39 is 26.2 Å². The molecule has 2 atom stereocenters. The third kappa shape index (κ3) is 5.49. The highest BCUT2D eigenvalue weighted by atomic mass is 79.9. The molecule has 3 rings (SSSR count). The zero-order valence-electron chi connectivity index (χ0n) is 16.7. The van der Waals surface area contributed by atoms with Crippen LogP contribution in [0.4, 0.5) is 0 Å². The summed E-state index contributed by atoms with van der Waals surface area (Å²) in [6.07, 6.45) is -0.407. The molecule has 1 heterocycles. The van der Waals surface area contributed by atoms with Crippen molar-refractivity contribution in [2.45, 2.75) is 34.6 Å². The van der Waals surface area contributed by atoms with Gasteiger partial charge in [0.25, 0.3) is 10.1 Å². The Morgan fingerprint density at radius 3 is 1.97 bits per heavy atom. The van der Waals surface area contributed by atoms with Crippen LogP contribution in [0.15, 0.2) is 58.3 Å². The summed E-state index contributed by atoms with van der Waals surface area (Å²) in [4.78, 5) is 0.120. The molecule has 1 aliphatic heterocycles. The minimum atomic E-state index is -3.86. The van der Waals surface area contributed by atoms with Gasteiger partial charge in [-0.15, -0.1) is 0 Å². The fraction of sp³-hybridized carbons (Fsp3) is 0.400. The summed E-state index contributed by atoms with van der Waals surface area (Å²) in [5.41, 5.74) is 1.93. The van der Waals surface area contributed by atoms with E-state index in [-0.39, 0.29) is 40.9 Å². The molecular weight excluding hydrogens is 494 g/mol. The molecule has 0 unspecified atom stereocenters. The lowest BCUT2D eigenvalue weighted by molar-refractivity contribution is 0.0472. The molecular formula is C20H24BrNO6S2. The Hall–Kier alpha value is -1.30. The van der Waals surface area contributed by atoms with E-state index in [2.05, 4.69) is 15.9 Å². The number of halogens is 1. The second kappa shape index (κ2) is 9.46. The van der Waals surface area contributed by atoms with Crippen LogP contribution in [-0.2, 0) is 29.1 Å². The average Bonchev–Trinajstić information content (AvgIpc) is 3.07. The van der Waals surface area contributed by atoms with Gasteiger partial charge in [0.2, 0.25) is 10.0 Å². The normalized spacial score (nSPS) is 20.5. The van der Waals surface area contributed by atoms with Crippen LogP contribution in [0.2, 0.25) is 0 Å². The van der Waals surface area contributed by atoms with Crippen LogP contribution in [0.1, 0.15) is 11.1 Å². The number of sulfonamides is 1. The van der Waals surface area contributed by atoms with Crippen LogP contribution in [0.5, 0.6) is 0 Å². The predicted octanol–water partition coefficient (Wildman–Crippen LogP) is 2.86. The van der Waals surface area contributed by atoms with Crippen molar-refractivity contribution in [2.24, 2.45) is 0 Å². The Morgan fingerprint density at radius 1 is 0.867 bits per heavy atom. The molecule has 1 aliphatic rings. The molecule has 0 N–H and O–H groups in total. The largest absolute Gasteiger partial charge is 0.373 e. The lowest BCUT2D eigenvalue weighted by Crippen LogP contribution is -2.30. The Morgan fingerprint density at radius 2 is 1.40 bits per heavy atom. The zero-order chi connectivity index (χ0) is 21.9. The van der Waals surface area contributed by atoms with Gasteiger partial charge in [-0.25, -0.2) is 8.42 Å². The number of benzene rings is 2. The van der Waals surface area contributed by atoms with Crippen molar-refractivity contribution in [3.8, 4) is 0 Å². The molecule has 0 bridgehead atoms. The Labute approximate surface area is 186 Å². The smallest absolute Gasteiger partial charge is 0.297 e. The van der Waals surface area contributed by atoms with Crippen molar-refractivity contribution >= 4 is 36.1 Å². The first-order valence-corrected chi connectivity index (χ1v) is 13.1. The average molecular weight is 518 g/mol. The number of hydrogen-bond acceptors (Lipinski definition) is 6. The maximum Gasteiger partial charge on any atom is 0.297 e. The Kier molecular flexibility index (Phi) is 7.36. The van der Waals surface area contributed by atoms with Gasteiger partial charge >= 0.3 is 0 Å². The molecule has 1 saturated heterocycles. The maximum absolute atomic E-state index is 12.8. The van der Waals surface area contributed by atoms with Gasteiger partial charge in [-0.1, -0.05) is 51.3 Å². The van der Waals surface area contributed by atoms with Crippen molar-refractivity contribution in [2.75, 3.05) is 26.3 Å². The van der Waals surface area contributed by atoms with Crippen LogP contribution in [0.3, 0.4) is 0 Å². The van der Waals surface area contributed by atoms with Crippen LogP contribution < -0.4 is 0 Å². The van der Waals surface area contributed by atoms with Gasteiger partial charge in [-0.05, 0) is 38.1 Å². The Balaban J connectivity index is 1.53. The first-order chi connectivity index (χ1) is 14.1. The molecule has 2 aromatic carbocycles. The van der Waals surface area contributed by atoms with Gasteiger partial charge < -0.3 is 4.74 Å². The van der Waals surface area contributed by atoms with E-state index in [0.717, 1.165) is 11.1 Å². The molecule has 30 heavy (non-hydrogen) atoms. The third-order valence-corrected chi connectivity index (χ3v) is 8.84. The summed E-state index contributed by atoms with van der Waals surface area (Å²) in [5.74, 6) is 0. The van der Waals surface area contributed by atoms with Crippen molar-refractivity contribution in [1.82, 2.24) is 4.31 Å². The van der Waals surface area contributed by atoms with Gasteiger partial charge in [-0.3, -0.25) is 4.18 Å². The van der Waals surface area contributed by atoms with Gasteiger partial charge in [0.1, 0.15) is 0 Å².